The number of hydrogen-bond acceptors (Lipinski definition) is 7. The fourth-order valence-corrected chi connectivity index (χ4v) is 4.40. The Morgan fingerprint density at radius 1 is 1.36 bits per heavy atom. The Morgan fingerprint density at radius 3 is 3.12 bits per heavy atom. The van der Waals surface area contributed by atoms with E-state index in [4.69, 9.17) is 4.74 Å². The maximum atomic E-state index is 12.1. The third kappa shape index (κ3) is 3.86. The van der Waals surface area contributed by atoms with Crippen LogP contribution < -0.4 is 5.32 Å². The number of nitrogens with zero attached hydrogens (tertiary/aromatic N) is 4. The van der Waals surface area contributed by atoms with Crippen LogP contribution in [0.5, 0.6) is 0 Å². The Kier molecular flexibility index (Phi) is 5.00. The molecule has 3 atom stereocenters. The van der Waals surface area contributed by atoms with Crippen molar-refractivity contribution in [1.29, 1.82) is 0 Å². The van der Waals surface area contributed by atoms with E-state index in [-0.39, 0.29) is 12.0 Å². The largest absolute Gasteiger partial charge is 0.376 e. The lowest BCUT2D eigenvalue weighted by molar-refractivity contribution is 0.0740. The van der Waals surface area contributed by atoms with Crippen LogP contribution in [0.25, 0.3) is 0 Å². The zero-order valence-electron chi connectivity index (χ0n) is 13.9. The number of likely N-dealkylation sites (tertiary alicyclic amines) is 1. The lowest BCUT2D eigenvalue weighted by Gasteiger charge is -2.35. The quantitative estimate of drug-likeness (QED) is 0.864. The van der Waals surface area contributed by atoms with Gasteiger partial charge in [0.05, 0.1) is 25.5 Å². The van der Waals surface area contributed by atoms with Crippen LogP contribution in [0.15, 0.2) is 30.2 Å². The minimum Gasteiger partial charge on any atom is -0.376 e. The summed E-state index contributed by atoms with van der Waals surface area (Å²) in [6.45, 7) is 4.32. The molecule has 0 aliphatic carbocycles. The van der Waals surface area contributed by atoms with Crippen LogP contribution in [0.4, 0.5) is 0 Å². The van der Waals surface area contributed by atoms with Gasteiger partial charge < -0.3 is 10.1 Å². The molecular weight excluding hydrogens is 338 g/mol. The van der Waals surface area contributed by atoms with Crippen molar-refractivity contribution >= 4 is 17.2 Å². The second-order valence-corrected chi connectivity index (χ2v) is 7.53. The van der Waals surface area contributed by atoms with Gasteiger partial charge in [-0.15, -0.1) is 11.3 Å². The molecule has 0 saturated carbocycles. The topological polar surface area (TPSA) is 80.2 Å². The van der Waals surface area contributed by atoms with Crippen LogP contribution in [0, 0.1) is 11.8 Å². The number of piperidine rings is 1. The van der Waals surface area contributed by atoms with E-state index in [1.165, 1.54) is 17.4 Å². The Labute approximate surface area is 150 Å². The third-order valence-corrected chi connectivity index (χ3v) is 5.75. The molecular formula is C17H21N5O2S. The molecule has 2 aliphatic rings. The highest BCUT2D eigenvalue weighted by atomic mass is 32.1. The molecule has 25 heavy (non-hydrogen) atoms. The number of ether oxygens (including phenoxy) is 1. The summed E-state index contributed by atoms with van der Waals surface area (Å²) in [4.78, 5) is 26.9. The molecule has 0 unspecified atom stereocenters. The number of rotatable bonds is 5. The van der Waals surface area contributed by atoms with Gasteiger partial charge in [-0.1, -0.05) is 0 Å². The standard InChI is InChI=1S/C17H21N5O2S/c23-17(14-7-18-2-3-19-14)21-8-15-13-1-5-22(9-12(13)11-24-15)10-16-20-4-6-25-16/h2-4,6-7,12-13,15H,1,5,8-11H2,(H,21,23)/t12-,13-,15+/m0/s1. The summed E-state index contributed by atoms with van der Waals surface area (Å²) in [7, 11) is 0. The lowest BCUT2D eigenvalue weighted by Crippen LogP contribution is -2.43. The van der Waals surface area contributed by atoms with E-state index in [9.17, 15) is 4.79 Å². The molecule has 2 aliphatic heterocycles. The van der Waals surface area contributed by atoms with Crippen molar-refractivity contribution in [2.75, 3.05) is 26.2 Å². The van der Waals surface area contributed by atoms with Crippen LogP contribution in [-0.4, -0.2) is 58.1 Å². The van der Waals surface area contributed by atoms with Gasteiger partial charge in [-0.25, -0.2) is 9.97 Å². The van der Waals surface area contributed by atoms with Crippen LogP contribution in [0.3, 0.4) is 0 Å². The zero-order chi connectivity index (χ0) is 17.1. The monoisotopic (exact) mass is 359 g/mol. The SMILES string of the molecule is O=C(NC[C@H]1OC[C@@H]2CN(Cc3nccs3)CC[C@@H]21)c1cnccn1. The molecule has 1 N–H and O–H groups in total. The molecule has 0 aromatic carbocycles. The molecule has 2 fully saturated rings. The van der Waals surface area contributed by atoms with Crippen molar-refractivity contribution in [2.24, 2.45) is 11.8 Å². The van der Waals surface area contributed by atoms with Crippen LogP contribution >= 0.6 is 11.3 Å². The maximum Gasteiger partial charge on any atom is 0.271 e. The number of carbonyl (C=O) groups excluding carboxylic acids is 1. The van der Waals surface area contributed by atoms with Gasteiger partial charge in [-0.3, -0.25) is 14.7 Å². The minimum absolute atomic E-state index is 0.0904. The highest BCUT2D eigenvalue weighted by Crippen LogP contribution is 2.34. The van der Waals surface area contributed by atoms with Crippen molar-refractivity contribution in [1.82, 2.24) is 25.2 Å². The fourth-order valence-electron chi connectivity index (χ4n) is 3.74. The summed E-state index contributed by atoms with van der Waals surface area (Å²) in [5.74, 6) is 0.850. The van der Waals surface area contributed by atoms with Crippen LogP contribution in [0.1, 0.15) is 21.9 Å². The maximum absolute atomic E-state index is 12.1. The normalized spacial score (nSPS) is 26.3. The van der Waals surface area contributed by atoms with Gasteiger partial charge in [-0.05, 0) is 18.9 Å². The summed E-state index contributed by atoms with van der Waals surface area (Å²) in [6.07, 6.45) is 7.61. The van der Waals surface area contributed by atoms with Gasteiger partial charge >= 0.3 is 0 Å². The Morgan fingerprint density at radius 2 is 2.32 bits per heavy atom. The average molecular weight is 359 g/mol. The summed E-state index contributed by atoms with van der Waals surface area (Å²) in [6, 6.07) is 0. The smallest absolute Gasteiger partial charge is 0.271 e. The first kappa shape index (κ1) is 16.6. The van der Waals surface area contributed by atoms with E-state index in [1.807, 2.05) is 11.6 Å². The van der Waals surface area contributed by atoms with Crippen molar-refractivity contribution in [2.45, 2.75) is 19.1 Å². The van der Waals surface area contributed by atoms with E-state index in [1.54, 1.807) is 17.5 Å². The fraction of sp³-hybridized carbons (Fsp3) is 0.529. The zero-order valence-corrected chi connectivity index (χ0v) is 14.7. The number of hydrogen-bond donors (Lipinski definition) is 1. The van der Waals surface area contributed by atoms with Crippen molar-refractivity contribution < 1.29 is 9.53 Å². The predicted octanol–water partition coefficient (Wildman–Crippen LogP) is 1.20. The molecule has 1 amide bonds. The predicted molar refractivity (Wildman–Crippen MR) is 93.1 cm³/mol. The third-order valence-electron chi connectivity index (χ3n) is 4.98. The van der Waals surface area contributed by atoms with Gasteiger partial charge in [-0.2, -0.15) is 0 Å². The van der Waals surface area contributed by atoms with Crippen LogP contribution in [-0.2, 0) is 11.3 Å². The number of carbonyl (C=O) groups is 1. The van der Waals surface area contributed by atoms with E-state index >= 15 is 0 Å². The first-order valence-corrected chi connectivity index (χ1v) is 9.44. The number of amides is 1. The molecule has 2 saturated heterocycles. The van der Waals surface area contributed by atoms with Crippen molar-refractivity contribution in [3.05, 3.63) is 40.9 Å². The van der Waals surface area contributed by atoms with Gasteiger partial charge in [0, 0.05) is 43.0 Å². The molecule has 4 rings (SSSR count). The highest BCUT2D eigenvalue weighted by Gasteiger charge is 2.40. The molecule has 0 spiro atoms. The summed E-state index contributed by atoms with van der Waals surface area (Å²) < 4.78 is 5.98. The molecule has 0 bridgehead atoms. The van der Waals surface area contributed by atoms with E-state index in [0.717, 1.165) is 32.7 Å². The van der Waals surface area contributed by atoms with Gasteiger partial charge in [0.1, 0.15) is 10.7 Å². The molecule has 4 heterocycles. The Balaban J connectivity index is 1.28. The molecule has 2 aromatic rings. The molecule has 7 nitrogen and oxygen atoms in total. The van der Waals surface area contributed by atoms with Crippen molar-refractivity contribution in [3.8, 4) is 0 Å². The van der Waals surface area contributed by atoms with Gasteiger partial charge in [0.2, 0.25) is 0 Å². The summed E-state index contributed by atoms with van der Waals surface area (Å²) in [5.41, 5.74) is 0.343. The highest BCUT2D eigenvalue weighted by molar-refractivity contribution is 7.09. The molecule has 8 heteroatoms. The second-order valence-electron chi connectivity index (χ2n) is 6.55. The van der Waals surface area contributed by atoms with E-state index in [0.29, 0.717) is 24.1 Å². The Bertz CT molecular complexity index is 696. The van der Waals surface area contributed by atoms with Gasteiger partial charge in [0.25, 0.3) is 5.91 Å². The molecule has 2 aromatic heterocycles. The second kappa shape index (κ2) is 7.55. The lowest BCUT2D eigenvalue weighted by atomic mass is 9.84. The molecule has 132 valence electrons. The van der Waals surface area contributed by atoms with E-state index in [2.05, 4.69) is 25.2 Å². The average Bonchev–Trinajstić information content (AvgIpc) is 3.30. The van der Waals surface area contributed by atoms with Crippen molar-refractivity contribution in [3.63, 3.8) is 0 Å². The molecule has 0 radical (unpaired) electrons. The van der Waals surface area contributed by atoms with Gasteiger partial charge in [0.15, 0.2) is 0 Å². The minimum atomic E-state index is -0.193. The summed E-state index contributed by atoms with van der Waals surface area (Å²) in [5, 5.41) is 6.13. The number of thiazole rings is 1. The first-order chi connectivity index (χ1) is 12.3. The summed E-state index contributed by atoms with van der Waals surface area (Å²) >= 11 is 1.71. The van der Waals surface area contributed by atoms with Crippen LogP contribution in [0.2, 0.25) is 0 Å². The number of aromatic nitrogens is 3. The van der Waals surface area contributed by atoms with E-state index < -0.39 is 0 Å². The number of nitrogens with one attached hydrogen (secondary N) is 1. The number of fused-ring (bicyclic) bond motifs is 1. The first-order valence-electron chi connectivity index (χ1n) is 8.56. The Hall–Kier alpha value is -1.90.